The van der Waals surface area contributed by atoms with E-state index < -0.39 is 5.97 Å². The lowest BCUT2D eigenvalue weighted by Gasteiger charge is -2.20. The summed E-state index contributed by atoms with van der Waals surface area (Å²) in [5.41, 5.74) is 2.23. The quantitative estimate of drug-likeness (QED) is 0.715. The molecule has 0 aliphatic heterocycles. The topological polar surface area (TPSA) is 49.8 Å². The predicted molar refractivity (Wildman–Crippen MR) is 98.5 cm³/mol. The number of carboxylic acid groups (broad SMARTS) is 1. The highest BCUT2D eigenvalue weighted by Crippen LogP contribution is 2.25. The highest BCUT2D eigenvalue weighted by atomic mass is 79.9. The molecule has 0 radical (unpaired) electrons. The van der Waals surface area contributed by atoms with Crippen LogP contribution >= 0.6 is 15.9 Å². The first-order valence-electron chi connectivity index (χ1n) is 7.99. The Labute approximate surface area is 151 Å². The Hall–Kier alpha value is -1.85. The van der Waals surface area contributed by atoms with E-state index in [1.54, 1.807) is 18.2 Å². The lowest BCUT2D eigenvalue weighted by atomic mass is 10.1. The molecule has 0 atom stereocenters. The number of halogens is 1. The molecule has 5 heteroatoms. The van der Waals surface area contributed by atoms with Crippen LogP contribution in [0.1, 0.15) is 35.3 Å². The summed E-state index contributed by atoms with van der Waals surface area (Å²) in [4.78, 5) is 13.4. The summed E-state index contributed by atoms with van der Waals surface area (Å²) >= 11 is 3.51. The van der Waals surface area contributed by atoms with Gasteiger partial charge in [-0.15, -0.1) is 0 Å². The van der Waals surface area contributed by atoms with E-state index >= 15 is 0 Å². The van der Waals surface area contributed by atoms with Gasteiger partial charge in [0.1, 0.15) is 12.4 Å². The number of aromatic carboxylic acids is 1. The average Bonchev–Trinajstić information content (AvgIpc) is 2.59. The minimum absolute atomic E-state index is 0.273. The van der Waals surface area contributed by atoms with Crippen molar-refractivity contribution in [3.05, 3.63) is 63.6 Å². The Morgan fingerprint density at radius 2 is 1.92 bits per heavy atom. The first-order valence-corrected chi connectivity index (χ1v) is 8.78. The Morgan fingerprint density at radius 1 is 1.17 bits per heavy atom. The van der Waals surface area contributed by atoms with Gasteiger partial charge in [0, 0.05) is 16.6 Å². The van der Waals surface area contributed by atoms with E-state index in [1.165, 1.54) is 0 Å². The van der Waals surface area contributed by atoms with Crippen molar-refractivity contribution >= 4 is 21.9 Å². The molecule has 1 N–H and O–H groups in total. The highest BCUT2D eigenvalue weighted by molar-refractivity contribution is 9.10. The predicted octanol–water partition coefficient (Wildman–Crippen LogP) is 4.57. The number of ether oxygens (including phenoxy) is 1. The van der Waals surface area contributed by atoms with E-state index in [-0.39, 0.29) is 5.56 Å². The van der Waals surface area contributed by atoms with Gasteiger partial charge in [0.25, 0.3) is 0 Å². The molecule has 0 unspecified atom stereocenters. The third-order valence-electron chi connectivity index (χ3n) is 3.88. The van der Waals surface area contributed by atoms with Gasteiger partial charge < -0.3 is 9.84 Å². The van der Waals surface area contributed by atoms with Crippen molar-refractivity contribution in [2.24, 2.45) is 0 Å². The highest BCUT2D eigenvalue weighted by Gasteiger charge is 2.10. The van der Waals surface area contributed by atoms with Crippen LogP contribution in [-0.4, -0.2) is 29.1 Å². The average molecular weight is 392 g/mol. The van der Waals surface area contributed by atoms with Gasteiger partial charge in [-0.3, -0.25) is 4.90 Å². The first kappa shape index (κ1) is 18.5. The Bertz CT molecular complexity index is 699. The van der Waals surface area contributed by atoms with Gasteiger partial charge in [-0.05, 0) is 49.0 Å². The second-order valence-corrected chi connectivity index (χ2v) is 6.42. The number of nitrogens with zero attached hydrogens (tertiary/aromatic N) is 1. The summed E-state index contributed by atoms with van der Waals surface area (Å²) < 4.78 is 6.98. The van der Waals surface area contributed by atoms with Crippen LogP contribution in [-0.2, 0) is 13.2 Å². The summed E-state index contributed by atoms with van der Waals surface area (Å²) in [6, 6.07) is 12.8. The van der Waals surface area contributed by atoms with Gasteiger partial charge in [-0.2, -0.15) is 0 Å². The van der Waals surface area contributed by atoms with Crippen LogP contribution in [0, 0.1) is 0 Å². The molecule has 0 spiro atoms. The summed E-state index contributed by atoms with van der Waals surface area (Å²) in [7, 11) is 0. The van der Waals surface area contributed by atoms with Gasteiger partial charge >= 0.3 is 5.97 Å². The molecule has 2 aromatic carbocycles. The van der Waals surface area contributed by atoms with Crippen molar-refractivity contribution < 1.29 is 14.6 Å². The van der Waals surface area contributed by atoms with E-state index in [4.69, 9.17) is 9.84 Å². The molecule has 0 heterocycles. The van der Waals surface area contributed by atoms with Gasteiger partial charge in [0.05, 0.1) is 5.56 Å². The maximum atomic E-state index is 11.1. The maximum Gasteiger partial charge on any atom is 0.335 e. The zero-order valence-corrected chi connectivity index (χ0v) is 15.5. The molecule has 0 aromatic heterocycles. The third-order valence-corrected chi connectivity index (χ3v) is 4.37. The van der Waals surface area contributed by atoms with Gasteiger partial charge in [0.2, 0.25) is 0 Å². The number of carboxylic acids is 1. The Morgan fingerprint density at radius 3 is 2.58 bits per heavy atom. The van der Waals surface area contributed by atoms with Crippen molar-refractivity contribution in [1.29, 1.82) is 0 Å². The maximum absolute atomic E-state index is 11.1. The van der Waals surface area contributed by atoms with Crippen LogP contribution in [0.4, 0.5) is 0 Å². The summed E-state index contributed by atoms with van der Waals surface area (Å²) in [5, 5.41) is 9.07. The van der Waals surface area contributed by atoms with E-state index in [1.807, 2.05) is 18.2 Å². The second-order valence-electron chi connectivity index (χ2n) is 5.51. The van der Waals surface area contributed by atoms with Crippen LogP contribution in [0.15, 0.2) is 46.9 Å². The molecule has 0 saturated carbocycles. The molecule has 4 nitrogen and oxygen atoms in total. The van der Waals surface area contributed by atoms with Crippen LogP contribution in [0.2, 0.25) is 0 Å². The Kier molecular flexibility index (Phi) is 6.82. The van der Waals surface area contributed by atoms with Crippen LogP contribution in [0.5, 0.6) is 5.75 Å². The molecule has 0 amide bonds. The van der Waals surface area contributed by atoms with Crippen molar-refractivity contribution in [3.63, 3.8) is 0 Å². The monoisotopic (exact) mass is 391 g/mol. The smallest absolute Gasteiger partial charge is 0.335 e. The molecule has 128 valence electrons. The second kappa shape index (κ2) is 8.85. The normalized spacial score (nSPS) is 10.8. The molecule has 2 rings (SSSR count). The van der Waals surface area contributed by atoms with E-state index in [0.29, 0.717) is 6.61 Å². The largest absolute Gasteiger partial charge is 0.489 e. The number of hydrogen-bond acceptors (Lipinski definition) is 3. The summed E-state index contributed by atoms with van der Waals surface area (Å²) in [5.74, 6) is -0.103. The lowest BCUT2D eigenvalue weighted by molar-refractivity contribution is 0.0696. The number of benzene rings is 2. The summed E-state index contributed by atoms with van der Waals surface area (Å²) in [6.07, 6.45) is 0. The standard InChI is InChI=1S/C19H22BrNO3/c1-3-21(4-2)12-16-11-17(20)8-9-18(16)24-13-14-6-5-7-15(10-14)19(22)23/h5-11H,3-4,12-13H2,1-2H3,(H,22,23). The Balaban J connectivity index is 2.14. The molecule has 0 bridgehead atoms. The summed E-state index contributed by atoms with van der Waals surface area (Å²) in [6.45, 7) is 7.38. The molecule has 0 aliphatic rings. The van der Waals surface area contributed by atoms with E-state index in [0.717, 1.165) is 41.0 Å². The lowest BCUT2D eigenvalue weighted by Crippen LogP contribution is -2.22. The van der Waals surface area contributed by atoms with E-state index in [2.05, 4.69) is 40.7 Å². The fourth-order valence-corrected chi connectivity index (χ4v) is 2.86. The fraction of sp³-hybridized carbons (Fsp3) is 0.316. The van der Waals surface area contributed by atoms with Crippen molar-refractivity contribution in [2.45, 2.75) is 27.0 Å². The van der Waals surface area contributed by atoms with Crippen molar-refractivity contribution in [2.75, 3.05) is 13.1 Å². The fourth-order valence-electron chi connectivity index (χ4n) is 2.46. The van der Waals surface area contributed by atoms with Crippen LogP contribution in [0.3, 0.4) is 0 Å². The van der Waals surface area contributed by atoms with Gasteiger partial charge in [0.15, 0.2) is 0 Å². The zero-order chi connectivity index (χ0) is 17.5. The van der Waals surface area contributed by atoms with Crippen molar-refractivity contribution in [1.82, 2.24) is 4.90 Å². The van der Waals surface area contributed by atoms with Gasteiger partial charge in [-0.1, -0.05) is 41.9 Å². The molecule has 0 saturated heterocycles. The number of hydrogen-bond donors (Lipinski definition) is 1. The third kappa shape index (κ3) is 5.08. The van der Waals surface area contributed by atoms with Crippen LogP contribution < -0.4 is 4.74 Å². The first-order chi connectivity index (χ1) is 11.5. The molecule has 0 fully saturated rings. The zero-order valence-electron chi connectivity index (χ0n) is 14.0. The minimum Gasteiger partial charge on any atom is -0.489 e. The minimum atomic E-state index is -0.928. The van der Waals surface area contributed by atoms with Crippen molar-refractivity contribution in [3.8, 4) is 5.75 Å². The molecule has 24 heavy (non-hydrogen) atoms. The molecular weight excluding hydrogens is 370 g/mol. The van der Waals surface area contributed by atoms with E-state index in [9.17, 15) is 4.79 Å². The van der Waals surface area contributed by atoms with Gasteiger partial charge in [-0.25, -0.2) is 4.79 Å². The number of carbonyl (C=O) groups is 1. The molecule has 2 aromatic rings. The number of rotatable bonds is 8. The molecular formula is C19H22BrNO3. The van der Waals surface area contributed by atoms with Crippen LogP contribution in [0.25, 0.3) is 0 Å². The molecule has 0 aliphatic carbocycles. The SMILES string of the molecule is CCN(CC)Cc1cc(Br)ccc1OCc1cccc(C(=O)O)c1.